The number of pyridine rings is 1. The third-order valence-corrected chi connectivity index (χ3v) is 3.65. The maximum absolute atomic E-state index is 11.1. The van der Waals surface area contributed by atoms with Crippen molar-refractivity contribution in [3.8, 4) is 5.75 Å². The number of nitrogens with zero attached hydrogens (tertiary/aromatic N) is 1. The van der Waals surface area contributed by atoms with Crippen LogP contribution in [0, 0.1) is 0 Å². The van der Waals surface area contributed by atoms with Crippen molar-refractivity contribution < 1.29 is 34.7 Å². The zero-order valence-corrected chi connectivity index (χ0v) is 11.8. The molecule has 122 valence electrons. The first kappa shape index (κ1) is 15.6. The van der Waals surface area contributed by atoms with Crippen LogP contribution in [0.1, 0.15) is 0 Å². The molecule has 2 heterocycles. The van der Waals surface area contributed by atoms with E-state index in [1.807, 2.05) is 12.1 Å². The van der Waals surface area contributed by atoms with E-state index in [4.69, 9.17) is 14.6 Å². The number of para-hydroxylation sites is 1. The number of carboxylic acids is 1. The van der Waals surface area contributed by atoms with Crippen LogP contribution in [0.2, 0.25) is 0 Å². The lowest BCUT2D eigenvalue weighted by atomic mass is 9.99. The molecule has 1 fully saturated rings. The van der Waals surface area contributed by atoms with Crippen molar-refractivity contribution in [2.75, 3.05) is 0 Å². The standard InChI is InChI=1S/C15H15NO7/c17-10-11(18)13(14(20)21)23-15(12(10)19)22-8-5-1-3-7-4-2-6-16-9(7)8/h1-6,10-13,15,17-19H,(H,20,21)/t10-,11-,12+,13-,15-/m0/s1. The molecule has 23 heavy (non-hydrogen) atoms. The monoisotopic (exact) mass is 321 g/mol. The Balaban J connectivity index is 1.90. The Kier molecular flexibility index (Phi) is 4.14. The summed E-state index contributed by atoms with van der Waals surface area (Å²) in [5.41, 5.74) is 0.498. The van der Waals surface area contributed by atoms with Crippen molar-refractivity contribution in [1.29, 1.82) is 0 Å². The van der Waals surface area contributed by atoms with Crippen molar-refractivity contribution in [2.45, 2.75) is 30.7 Å². The van der Waals surface area contributed by atoms with Gasteiger partial charge in [-0.15, -0.1) is 0 Å². The summed E-state index contributed by atoms with van der Waals surface area (Å²) in [6.45, 7) is 0. The van der Waals surface area contributed by atoms with Gasteiger partial charge in [0.1, 0.15) is 29.6 Å². The summed E-state index contributed by atoms with van der Waals surface area (Å²) < 4.78 is 10.6. The van der Waals surface area contributed by atoms with E-state index in [0.717, 1.165) is 5.39 Å². The number of benzene rings is 1. The number of carboxylic acid groups (broad SMARTS) is 1. The van der Waals surface area contributed by atoms with E-state index in [0.29, 0.717) is 5.52 Å². The van der Waals surface area contributed by atoms with E-state index in [2.05, 4.69) is 4.98 Å². The second-order valence-electron chi connectivity index (χ2n) is 5.18. The lowest BCUT2D eigenvalue weighted by molar-refractivity contribution is -0.270. The summed E-state index contributed by atoms with van der Waals surface area (Å²) >= 11 is 0. The van der Waals surface area contributed by atoms with Crippen LogP contribution in [0.15, 0.2) is 36.5 Å². The molecule has 0 spiro atoms. The SMILES string of the molecule is O=C(O)[C@H]1O[C@H](Oc2cccc3cccnc23)[C@H](O)[C@@H](O)[C@@H]1O. The van der Waals surface area contributed by atoms with E-state index < -0.39 is 36.7 Å². The molecule has 1 aliphatic heterocycles. The predicted octanol–water partition coefficient (Wildman–Crippen LogP) is -0.494. The predicted molar refractivity (Wildman–Crippen MR) is 76.7 cm³/mol. The minimum absolute atomic E-state index is 0.264. The second kappa shape index (κ2) is 6.09. The maximum Gasteiger partial charge on any atom is 0.335 e. The summed E-state index contributed by atoms with van der Waals surface area (Å²) in [5, 5.41) is 39.2. The molecule has 5 atom stereocenters. The topological polar surface area (TPSA) is 129 Å². The number of aromatic nitrogens is 1. The third kappa shape index (κ3) is 2.84. The molecular weight excluding hydrogens is 306 g/mol. The zero-order chi connectivity index (χ0) is 16.6. The summed E-state index contributed by atoms with van der Waals surface area (Å²) in [4.78, 5) is 15.3. The molecule has 1 aliphatic rings. The van der Waals surface area contributed by atoms with Crippen LogP contribution in [0.5, 0.6) is 5.75 Å². The van der Waals surface area contributed by atoms with Gasteiger partial charge in [-0.1, -0.05) is 18.2 Å². The fourth-order valence-corrected chi connectivity index (χ4v) is 2.45. The van der Waals surface area contributed by atoms with E-state index in [9.17, 15) is 20.1 Å². The fraction of sp³-hybridized carbons (Fsp3) is 0.333. The van der Waals surface area contributed by atoms with Crippen LogP contribution in [0.25, 0.3) is 10.9 Å². The van der Waals surface area contributed by atoms with Gasteiger partial charge in [0.15, 0.2) is 6.10 Å². The van der Waals surface area contributed by atoms with Crippen LogP contribution >= 0.6 is 0 Å². The summed E-state index contributed by atoms with van der Waals surface area (Å²) in [5.74, 6) is -1.20. The highest BCUT2D eigenvalue weighted by Crippen LogP contribution is 2.28. The van der Waals surface area contributed by atoms with Crippen LogP contribution in [-0.2, 0) is 9.53 Å². The molecule has 3 rings (SSSR count). The summed E-state index contributed by atoms with van der Waals surface area (Å²) in [6.07, 6.45) is -6.68. The normalized spacial score (nSPS) is 31.0. The molecule has 0 amide bonds. The number of hydrogen-bond donors (Lipinski definition) is 4. The van der Waals surface area contributed by atoms with E-state index in [1.165, 1.54) is 0 Å². The molecule has 2 aromatic rings. The van der Waals surface area contributed by atoms with Crippen molar-refractivity contribution in [3.63, 3.8) is 0 Å². The van der Waals surface area contributed by atoms with Crippen molar-refractivity contribution >= 4 is 16.9 Å². The number of hydrogen-bond acceptors (Lipinski definition) is 7. The number of carbonyl (C=O) groups is 1. The van der Waals surface area contributed by atoms with E-state index in [1.54, 1.807) is 24.4 Å². The lowest BCUT2D eigenvalue weighted by Gasteiger charge is -2.38. The van der Waals surface area contributed by atoms with Crippen molar-refractivity contribution in [1.82, 2.24) is 4.98 Å². The fourth-order valence-electron chi connectivity index (χ4n) is 2.45. The van der Waals surface area contributed by atoms with Crippen molar-refractivity contribution in [2.24, 2.45) is 0 Å². The first-order chi connectivity index (χ1) is 11.0. The highest BCUT2D eigenvalue weighted by Gasteiger charge is 2.48. The quantitative estimate of drug-likeness (QED) is 0.596. The van der Waals surface area contributed by atoms with E-state index in [-0.39, 0.29) is 5.75 Å². The maximum atomic E-state index is 11.1. The Morgan fingerprint density at radius 2 is 1.83 bits per heavy atom. The lowest BCUT2D eigenvalue weighted by Crippen LogP contribution is -2.61. The number of rotatable bonds is 3. The largest absolute Gasteiger partial charge is 0.479 e. The summed E-state index contributed by atoms with van der Waals surface area (Å²) in [7, 11) is 0. The van der Waals surface area contributed by atoms with Gasteiger partial charge in [0.05, 0.1) is 0 Å². The average molecular weight is 321 g/mol. The van der Waals surface area contributed by atoms with Crippen LogP contribution < -0.4 is 4.74 Å². The zero-order valence-electron chi connectivity index (χ0n) is 11.8. The highest BCUT2D eigenvalue weighted by molar-refractivity contribution is 5.84. The smallest absolute Gasteiger partial charge is 0.335 e. The number of ether oxygens (including phenoxy) is 2. The van der Waals surface area contributed by atoms with Gasteiger partial charge < -0.3 is 29.9 Å². The van der Waals surface area contributed by atoms with Gasteiger partial charge in [-0.05, 0) is 12.1 Å². The Hall–Kier alpha value is -2.26. The molecule has 0 bridgehead atoms. The molecular formula is C15H15NO7. The highest BCUT2D eigenvalue weighted by atomic mass is 16.7. The Labute approximate surface area is 130 Å². The van der Waals surface area contributed by atoms with Gasteiger partial charge in [0.25, 0.3) is 0 Å². The number of aliphatic hydroxyl groups excluding tert-OH is 3. The Morgan fingerprint density at radius 3 is 2.57 bits per heavy atom. The minimum Gasteiger partial charge on any atom is -0.479 e. The Morgan fingerprint density at radius 1 is 1.09 bits per heavy atom. The molecule has 0 saturated carbocycles. The number of aliphatic carboxylic acids is 1. The van der Waals surface area contributed by atoms with Crippen LogP contribution in [-0.4, -0.2) is 62.1 Å². The van der Waals surface area contributed by atoms with Crippen molar-refractivity contribution in [3.05, 3.63) is 36.5 Å². The van der Waals surface area contributed by atoms with Gasteiger partial charge in [-0.25, -0.2) is 4.79 Å². The van der Waals surface area contributed by atoms with Crippen LogP contribution in [0.3, 0.4) is 0 Å². The molecule has 0 unspecified atom stereocenters. The molecule has 8 heteroatoms. The molecule has 0 radical (unpaired) electrons. The Bertz CT molecular complexity index is 717. The van der Waals surface area contributed by atoms with Crippen LogP contribution in [0.4, 0.5) is 0 Å². The molecule has 1 aromatic heterocycles. The first-order valence-electron chi connectivity index (χ1n) is 6.92. The van der Waals surface area contributed by atoms with Gasteiger partial charge in [0.2, 0.25) is 6.29 Å². The average Bonchev–Trinajstić information content (AvgIpc) is 2.55. The van der Waals surface area contributed by atoms with Gasteiger partial charge in [-0.3, -0.25) is 4.98 Å². The molecule has 1 saturated heterocycles. The van der Waals surface area contributed by atoms with Gasteiger partial charge in [-0.2, -0.15) is 0 Å². The van der Waals surface area contributed by atoms with Gasteiger partial charge in [0, 0.05) is 11.6 Å². The summed E-state index contributed by atoms with van der Waals surface area (Å²) in [6, 6.07) is 8.66. The molecule has 4 N–H and O–H groups in total. The van der Waals surface area contributed by atoms with E-state index >= 15 is 0 Å². The molecule has 0 aliphatic carbocycles. The molecule has 1 aromatic carbocycles. The third-order valence-electron chi connectivity index (χ3n) is 3.65. The number of fused-ring (bicyclic) bond motifs is 1. The molecule has 8 nitrogen and oxygen atoms in total. The second-order valence-corrected chi connectivity index (χ2v) is 5.18. The van der Waals surface area contributed by atoms with Gasteiger partial charge >= 0.3 is 5.97 Å². The first-order valence-corrected chi connectivity index (χ1v) is 6.92. The number of aliphatic hydroxyl groups is 3. The minimum atomic E-state index is -1.76.